The van der Waals surface area contributed by atoms with Crippen molar-refractivity contribution in [2.45, 2.75) is 19.9 Å². The summed E-state index contributed by atoms with van der Waals surface area (Å²) in [5, 5.41) is 7.09. The van der Waals surface area contributed by atoms with Crippen LogP contribution in [0.25, 0.3) is 0 Å². The Morgan fingerprint density at radius 1 is 1.25 bits per heavy atom. The topological polar surface area (TPSA) is 55.6 Å². The van der Waals surface area contributed by atoms with Gasteiger partial charge in [-0.1, -0.05) is 0 Å². The second kappa shape index (κ2) is 4.26. The maximum Gasteiger partial charge on any atom is 0.227 e. The molecule has 2 heterocycles. The second-order valence-corrected chi connectivity index (χ2v) is 3.65. The van der Waals surface area contributed by atoms with Gasteiger partial charge in [-0.05, 0) is 13.8 Å². The van der Waals surface area contributed by atoms with Crippen LogP contribution in [0, 0.1) is 5.82 Å². The molecule has 2 rings (SSSR count). The summed E-state index contributed by atoms with van der Waals surface area (Å²) in [4.78, 5) is 7.59. The van der Waals surface area contributed by atoms with E-state index in [9.17, 15) is 4.39 Å². The number of hydrogen-bond acceptors (Lipinski definition) is 4. The third-order valence-corrected chi connectivity index (χ3v) is 2.01. The Labute approximate surface area is 92.3 Å². The number of nitrogens with one attached hydrogen (secondary N) is 1. The van der Waals surface area contributed by atoms with Gasteiger partial charge < -0.3 is 5.32 Å². The lowest BCUT2D eigenvalue weighted by atomic mass is 10.4. The molecule has 0 fully saturated rings. The highest BCUT2D eigenvalue weighted by molar-refractivity contribution is 5.49. The monoisotopic (exact) mass is 221 g/mol. The molecule has 0 saturated heterocycles. The van der Waals surface area contributed by atoms with Crippen molar-refractivity contribution in [2.75, 3.05) is 5.32 Å². The molecule has 0 aliphatic heterocycles. The molecular weight excluding hydrogens is 209 g/mol. The number of rotatable bonds is 3. The van der Waals surface area contributed by atoms with Gasteiger partial charge in [0.25, 0.3) is 0 Å². The smallest absolute Gasteiger partial charge is 0.227 e. The Kier molecular flexibility index (Phi) is 2.80. The van der Waals surface area contributed by atoms with Gasteiger partial charge in [0.05, 0.1) is 24.3 Å². The number of hydrogen-bond donors (Lipinski definition) is 1. The van der Waals surface area contributed by atoms with Crippen LogP contribution in [0.5, 0.6) is 0 Å². The Morgan fingerprint density at radius 3 is 2.50 bits per heavy atom. The molecule has 0 saturated carbocycles. The standard InChI is InChI=1S/C10H12FN5/c1-7(2)16-6-9(5-14-16)15-10-12-3-8(11)4-13-10/h3-7H,1-2H3,(H,12,13,15). The van der Waals surface area contributed by atoms with Gasteiger partial charge in [-0.25, -0.2) is 14.4 Å². The van der Waals surface area contributed by atoms with Crippen LogP contribution in [-0.2, 0) is 0 Å². The summed E-state index contributed by atoms with van der Waals surface area (Å²) in [6.45, 7) is 4.07. The van der Waals surface area contributed by atoms with E-state index in [1.54, 1.807) is 6.20 Å². The molecule has 0 unspecified atom stereocenters. The van der Waals surface area contributed by atoms with E-state index in [0.29, 0.717) is 12.0 Å². The van der Waals surface area contributed by atoms with Gasteiger partial charge in [0, 0.05) is 12.2 Å². The summed E-state index contributed by atoms with van der Waals surface area (Å²) in [7, 11) is 0. The summed E-state index contributed by atoms with van der Waals surface area (Å²) in [6.07, 6.45) is 5.74. The molecule has 0 bridgehead atoms. The van der Waals surface area contributed by atoms with E-state index < -0.39 is 5.82 Å². The summed E-state index contributed by atoms with van der Waals surface area (Å²) < 4.78 is 14.4. The fourth-order valence-corrected chi connectivity index (χ4v) is 1.19. The van der Waals surface area contributed by atoms with Gasteiger partial charge in [-0.3, -0.25) is 4.68 Å². The number of nitrogens with zero attached hydrogens (tertiary/aromatic N) is 4. The SMILES string of the molecule is CC(C)n1cc(Nc2ncc(F)cn2)cn1. The first-order valence-electron chi connectivity index (χ1n) is 4.94. The molecular formula is C10H12FN5. The molecule has 0 aliphatic carbocycles. The zero-order chi connectivity index (χ0) is 11.5. The van der Waals surface area contributed by atoms with Gasteiger partial charge in [0.2, 0.25) is 5.95 Å². The van der Waals surface area contributed by atoms with Crippen molar-refractivity contribution >= 4 is 11.6 Å². The second-order valence-electron chi connectivity index (χ2n) is 3.65. The van der Waals surface area contributed by atoms with E-state index in [2.05, 4.69) is 20.4 Å². The molecule has 5 nitrogen and oxygen atoms in total. The van der Waals surface area contributed by atoms with Crippen LogP contribution in [0.3, 0.4) is 0 Å². The summed E-state index contributed by atoms with van der Waals surface area (Å²) in [5.74, 6) is -0.104. The first-order valence-corrected chi connectivity index (χ1v) is 4.94. The molecule has 84 valence electrons. The lowest BCUT2D eigenvalue weighted by molar-refractivity contribution is 0.532. The summed E-state index contributed by atoms with van der Waals surface area (Å²) in [6, 6.07) is 0.296. The van der Waals surface area contributed by atoms with Crippen LogP contribution in [0.15, 0.2) is 24.8 Å². The molecule has 16 heavy (non-hydrogen) atoms. The van der Waals surface area contributed by atoms with Crippen molar-refractivity contribution in [3.63, 3.8) is 0 Å². The summed E-state index contributed by atoms with van der Waals surface area (Å²) >= 11 is 0. The minimum atomic E-state index is -0.455. The number of halogens is 1. The fourth-order valence-electron chi connectivity index (χ4n) is 1.19. The van der Waals surface area contributed by atoms with E-state index in [-0.39, 0.29) is 0 Å². The van der Waals surface area contributed by atoms with E-state index in [0.717, 1.165) is 18.1 Å². The van der Waals surface area contributed by atoms with Crippen LogP contribution < -0.4 is 5.32 Å². The van der Waals surface area contributed by atoms with Crippen LogP contribution >= 0.6 is 0 Å². The highest BCUT2D eigenvalue weighted by Crippen LogP contribution is 2.13. The van der Waals surface area contributed by atoms with Crippen LogP contribution in [0.1, 0.15) is 19.9 Å². The molecule has 0 amide bonds. The van der Waals surface area contributed by atoms with Crippen LogP contribution in [0.2, 0.25) is 0 Å². The van der Waals surface area contributed by atoms with E-state index in [1.807, 2.05) is 24.7 Å². The highest BCUT2D eigenvalue weighted by Gasteiger charge is 2.03. The van der Waals surface area contributed by atoms with Crippen molar-refractivity contribution in [1.82, 2.24) is 19.7 Å². The summed E-state index contributed by atoms with van der Waals surface area (Å²) in [5.41, 5.74) is 0.778. The highest BCUT2D eigenvalue weighted by atomic mass is 19.1. The first-order chi connectivity index (χ1) is 7.65. The van der Waals surface area contributed by atoms with Crippen molar-refractivity contribution < 1.29 is 4.39 Å². The molecule has 2 aromatic rings. The molecule has 1 N–H and O–H groups in total. The Morgan fingerprint density at radius 2 is 1.94 bits per heavy atom. The molecule has 0 aromatic carbocycles. The van der Waals surface area contributed by atoms with Crippen molar-refractivity contribution in [1.29, 1.82) is 0 Å². The largest absolute Gasteiger partial charge is 0.321 e. The van der Waals surface area contributed by atoms with Crippen molar-refractivity contribution in [2.24, 2.45) is 0 Å². The first kappa shape index (κ1) is 10.5. The molecule has 2 aromatic heterocycles. The normalized spacial score (nSPS) is 10.8. The van der Waals surface area contributed by atoms with E-state index in [1.165, 1.54) is 0 Å². The van der Waals surface area contributed by atoms with Crippen molar-refractivity contribution in [3.8, 4) is 0 Å². The zero-order valence-electron chi connectivity index (χ0n) is 9.05. The molecule has 6 heteroatoms. The maximum atomic E-state index is 12.6. The van der Waals surface area contributed by atoms with Gasteiger partial charge in [-0.2, -0.15) is 5.10 Å². The Balaban J connectivity index is 2.11. The Hall–Kier alpha value is -1.98. The van der Waals surface area contributed by atoms with Gasteiger partial charge >= 0.3 is 0 Å². The third kappa shape index (κ3) is 2.33. The lowest BCUT2D eigenvalue weighted by Gasteiger charge is -2.03. The van der Waals surface area contributed by atoms with Crippen LogP contribution in [-0.4, -0.2) is 19.7 Å². The van der Waals surface area contributed by atoms with Gasteiger partial charge in [0.15, 0.2) is 5.82 Å². The zero-order valence-corrected chi connectivity index (χ0v) is 9.05. The predicted octanol–water partition coefficient (Wildman–Crippen LogP) is 2.14. The van der Waals surface area contributed by atoms with Crippen LogP contribution in [0.4, 0.5) is 16.0 Å². The lowest BCUT2D eigenvalue weighted by Crippen LogP contribution is -2.00. The number of aromatic nitrogens is 4. The average Bonchev–Trinajstić information content (AvgIpc) is 2.70. The van der Waals surface area contributed by atoms with Gasteiger partial charge in [0.1, 0.15) is 0 Å². The molecule has 0 aliphatic rings. The quantitative estimate of drug-likeness (QED) is 0.862. The Bertz CT molecular complexity index is 462. The van der Waals surface area contributed by atoms with E-state index >= 15 is 0 Å². The van der Waals surface area contributed by atoms with Crippen molar-refractivity contribution in [3.05, 3.63) is 30.6 Å². The van der Waals surface area contributed by atoms with Gasteiger partial charge in [-0.15, -0.1) is 0 Å². The predicted molar refractivity (Wildman–Crippen MR) is 57.9 cm³/mol. The van der Waals surface area contributed by atoms with E-state index in [4.69, 9.17) is 0 Å². The maximum absolute atomic E-state index is 12.6. The minimum absolute atomic E-state index is 0.296. The minimum Gasteiger partial charge on any atom is -0.321 e. The molecule has 0 atom stereocenters. The number of anilines is 2. The third-order valence-electron chi connectivity index (χ3n) is 2.01. The fraction of sp³-hybridized carbons (Fsp3) is 0.300. The molecule has 0 spiro atoms. The average molecular weight is 221 g/mol. The molecule has 0 radical (unpaired) electrons.